The zero-order valence-electron chi connectivity index (χ0n) is 8.76. The van der Waals surface area contributed by atoms with Crippen LogP contribution in [-0.2, 0) is 11.2 Å². The molecule has 0 spiro atoms. The van der Waals surface area contributed by atoms with Crippen LogP contribution in [0.25, 0.3) is 0 Å². The molecule has 1 unspecified atom stereocenters. The third-order valence-electron chi connectivity index (χ3n) is 2.88. The normalized spacial score (nSPS) is 19.2. The Morgan fingerprint density at radius 3 is 3.06 bits per heavy atom. The smallest absolute Gasteiger partial charge is 0.269 e. The van der Waals surface area contributed by atoms with Crippen molar-refractivity contribution in [2.45, 2.75) is 25.4 Å². The summed E-state index contributed by atoms with van der Waals surface area (Å²) in [5, 5.41) is 10.7. The number of nitro groups is 1. The van der Waals surface area contributed by atoms with Crippen molar-refractivity contribution in [3.8, 4) is 0 Å². The second-order valence-electron chi connectivity index (χ2n) is 3.82. The largest absolute Gasteiger partial charge is 0.363 e. The van der Waals surface area contributed by atoms with Gasteiger partial charge in [0.25, 0.3) is 5.69 Å². The van der Waals surface area contributed by atoms with Gasteiger partial charge in [-0.25, -0.2) is 0 Å². The van der Waals surface area contributed by atoms with Crippen LogP contribution in [0.2, 0.25) is 0 Å². The lowest BCUT2D eigenvalue weighted by atomic mass is 9.89. The number of ether oxygens (including phenoxy) is 1. The summed E-state index contributed by atoms with van der Waals surface area (Å²) in [6, 6.07) is 5.02. The van der Waals surface area contributed by atoms with Crippen LogP contribution in [0.1, 0.15) is 30.1 Å². The van der Waals surface area contributed by atoms with E-state index in [9.17, 15) is 10.1 Å². The number of nitrogens with zero attached hydrogens (tertiary/aromatic N) is 1. The van der Waals surface area contributed by atoms with Crippen molar-refractivity contribution < 1.29 is 9.66 Å². The standard InChI is InChI=1S/C11H13NO3S/c13-12(14)9-5-4-8-2-1-3-11(15-7-16)10(8)6-9/h4-6,11,16H,1-3,7H2. The maximum atomic E-state index is 10.7. The van der Waals surface area contributed by atoms with Gasteiger partial charge < -0.3 is 4.74 Å². The molecule has 0 saturated heterocycles. The van der Waals surface area contributed by atoms with Crippen molar-refractivity contribution in [2.24, 2.45) is 0 Å². The SMILES string of the molecule is O=[N+]([O-])c1ccc2c(c1)C(OCS)CCC2. The zero-order chi connectivity index (χ0) is 11.5. The summed E-state index contributed by atoms with van der Waals surface area (Å²) >= 11 is 4.03. The van der Waals surface area contributed by atoms with E-state index in [0.29, 0.717) is 5.94 Å². The van der Waals surface area contributed by atoms with Gasteiger partial charge in [0.1, 0.15) is 0 Å². The van der Waals surface area contributed by atoms with Crippen molar-refractivity contribution in [1.29, 1.82) is 0 Å². The molecule has 0 aliphatic heterocycles. The van der Waals surface area contributed by atoms with Gasteiger partial charge in [0.15, 0.2) is 0 Å². The molecule has 0 N–H and O–H groups in total. The van der Waals surface area contributed by atoms with E-state index in [1.54, 1.807) is 12.1 Å². The summed E-state index contributed by atoms with van der Waals surface area (Å²) in [4.78, 5) is 10.3. The molecule has 1 aromatic rings. The summed E-state index contributed by atoms with van der Waals surface area (Å²) in [6.07, 6.45) is 2.90. The van der Waals surface area contributed by atoms with Crippen molar-refractivity contribution in [3.05, 3.63) is 39.4 Å². The third kappa shape index (κ3) is 2.20. The number of benzene rings is 1. The van der Waals surface area contributed by atoms with E-state index in [0.717, 1.165) is 30.4 Å². The van der Waals surface area contributed by atoms with Gasteiger partial charge in [-0.15, -0.1) is 0 Å². The molecule has 5 heteroatoms. The number of nitro benzene ring substituents is 1. The summed E-state index contributed by atoms with van der Waals surface area (Å²) in [6.45, 7) is 0. The molecule has 86 valence electrons. The summed E-state index contributed by atoms with van der Waals surface area (Å²) in [5.41, 5.74) is 2.24. The Labute approximate surface area is 99.2 Å². The predicted molar refractivity (Wildman–Crippen MR) is 63.7 cm³/mol. The zero-order valence-corrected chi connectivity index (χ0v) is 9.65. The molecule has 1 aliphatic rings. The molecule has 16 heavy (non-hydrogen) atoms. The first kappa shape index (κ1) is 11.4. The van der Waals surface area contributed by atoms with Gasteiger partial charge in [0.05, 0.1) is 17.0 Å². The fourth-order valence-corrected chi connectivity index (χ4v) is 2.30. The molecule has 2 rings (SSSR count). The molecule has 0 aromatic heterocycles. The molecule has 1 atom stereocenters. The van der Waals surface area contributed by atoms with Gasteiger partial charge in [-0.2, -0.15) is 12.6 Å². The summed E-state index contributed by atoms with van der Waals surface area (Å²) in [5.74, 6) is 0.340. The lowest BCUT2D eigenvalue weighted by Crippen LogP contribution is -2.12. The van der Waals surface area contributed by atoms with Crippen LogP contribution in [0, 0.1) is 10.1 Å². The van der Waals surface area contributed by atoms with Crippen molar-refractivity contribution in [2.75, 3.05) is 5.94 Å². The Morgan fingerprint density at radius 2 is 2.38 bits per heavy atom. The molecular formula is C11H13NO3S. The first-order valence-corrected chi connectivity index (χ1v) is 5.85. The number of rotatable bonds is 3. The topological polar surface area (TPSA) is 52.4 Å². The molecular weight excluding hydrogens is 226 g/mol. The highest BCUT2D eigenvalue weighted by Gasteiger charge is 2.22. The Morgan fingerprint density at radius 1 is 1.56 bits per heavy atom. The monoisotopic (exact) mass is 239 g/mol. The van der Waals surface area contributed by atoms with Crippen molar-refractivity contribution >= 4 is 18.3 Å². The number of hydrogen-bond donors (Lipinski definition) is 1. The Kier molecular flexibility index (Phi) is 3.46. The fourth-order valence-electron chi connectivity index (χ4n) is 2.12. The summed E-state index contributed by atoms with van der Waals surface area (Å²) in [7, 11) is 0. The van der Waals surface area contributed by atoms with Crippen molar-refractivity contribution in [1.82, 2.24) is 0 Å². The minimum absolute atomic E-state index is 0.0406. The molecule has 0 bridgehead atoms. The van der Waals surface area contributed by atoms with Gasteiger partial charge in [0, 0.05) is 12.1 Å². The maximum Gasteiger partial charge on any atom is 0.269 e. The molecule has 0 saturated carbocycles. The molecule has 0 radical (unpaired) electrons. The molecule has 0 fully saturated rings. The number of non-ortho nitro benzene ring substituents is 1. The lowest BCUT2D eigenvalue weighted by Gasteiger charge is -2.24. The Bertz CT molecular complexity index is 408. The van der Waals surface area contributed by atoms with E-state index in [1.807, 2.05) is 6.07 Å². The van der Waals surface area contributed by atoms with Crippen molar-refractivity contribution in [3.63, 3.8) is 0 Å². The Hall–Kier alpha value is -1.07. The van der Waals surface area contributed by atoms with E-state index < -0.39 is 0 Å². The van der Waals surface area contributed by atoms with Gasteiger partial charge in [0.2, 0.25) is 0 Å². The van der Waals surface area contributed by atoms with Crippen LogP contribution < -0.4 is 0 Å². The second kappa shape index (κ2) is 4.84. The van der Waals surface area contributed by atoms with E-state index in [2.05, 4.69) is 12.6 Å². The maximum absolute atomic E-state index is 10.7. The van der Waals surface area contributed by atoms with E-state index in [-0.39, 0.29) is 16.7 Å². The van der Waals surface area contributed by atoms with Crippen LogP contribution in [0.5, 0.6) is 0 Å². The molecule has 1 aromatic carbocycles. The van der Waals surface area contributed by atoms with Gasteiger partial charge in [-0.3, -0.25) is 10.1 Å². The first-order chi connectivity index (χ1) is 7.72. The highest BCUT2D eigenvalue weighted by molar-refractivity contribution is 7.80. The highest BCUT2D eigenvalue weighted by Crippen LogP contribution is 2.34. The van der Waals surface area contributed by atoms with Gasteiger partial charge in [-0.1, -0.05) is 6.07 Å². The van der Waals surface area contributed by atoms with Crippen LogP contribution in [-0.4, -0.2) is 10.9 Å². The summed E-state index contributed by atoms with van der Waals surface area (Å²) < 4.78 is 5.49. The molecule has 4 nitrogen and oxygen atoms in total. The average Bonchev–Trinajstić information content (AvgIpc) is 2.29. The number of hydrogen-bond acceptors (Lipinski definition) is 4. The number of thiol groups is 1. The fraction of sp³-hybridized carbons (Fsp3) is 0.455. The van der Waals surface area contributed by atoms with Crippen LogP contribution in [0.15, 0.2) is 18.2 Å². The van der Waals surface area contributed by atoms with Gasteiger partial charge >= 0.3 is 0 Å². The van der Waals surface area contributed by atoms with Crippen LogP contribution in [0.3, 0.4) is 0 Å². The molecule has 0 amide bonds. The Balaban J connectivity index is 2.36. The quantitative estimate of drug-likeness (QED) is 0.382. The molecule has 1 aliphatic carbocycles. The lowest BCUT2D eigenvalue weighted by molar-refractivity contribution is -0.385. The van der Waals surface area contributed by atoms with Gasteiger partial charge in [-0.05, 0) is 30.4 Å². The second-order valence-corrected chi connectivity index (χ2v) is 4.08. The highest BCUT2D eigenvalue weighted by atomic mass is 32.1. The minimum atomic E-state index is -0.368. The number of aryl methyl sites for hydroxylation is 1. The third-order valence-corrected chi connectivity index (χ3v) is 3.02. The molecule has 0 heterocycles. The predicted octanol–water partition coefficient (Wildman–Crippen LogP) is 2.88. The van der Waals surface area contributed by atoms with E-state index in [1.165, 1.54) is 0 Å². The van der Waals surface area contributed by atoms with Crippen LogP contribution >= 0.6 is 12.6 Å². The van der Waals surface area contributed by atoms with E-state index in [4.69, 9.17) is 4.74 Å². The van der Waals surface area contributed by atoms with Crippen LogP contribution in [0.4, 0.5) is 5.69 Å². The average molecular weight is 239 g/mol. The number of fused-ring (bicyclic) bond motifs is 1. The first-order valence-electron chi connectivity index (χ1n) is 5.22. The van der Waals surface area contributed by atoms with E-state index >= 15 is 0 Å². The minimum Gasteiger partial charge on any atom is -0.363 e.